The predicted molar refractivity (Wildman–Crippen MR) is 82.2 cm³/mol. The quantitative estimate of drug-likeness (QED) is 0.674. The van der Waals surface area contributed by atoms with Crippen LogP contribution in [0.1, 0.15) is 19.4 Å². The van der Waals surface area contributed by atoms with Gasteiger partial charge in [0.1, 0.15) is 0 Å². The van der Waals surface area contributed by atoms with Crippen LogP contribution in [-0.2, 0) is 6.54 Å². The molecule has 0 fully saturated rings. The normalized spacial score (nSPS) is 11.8. The van der Waals surface area contributed by atoms with Crippen LogP contribution in [0, 0.1) is 0 Å². The fourth-order valence-corrected chi connectivity index (χ4v) is 2.24. The van der Waals surface area contributed by atoms with Gasteiger partial charge in [0.05, 0.1) is 6.54 Å². The molecule has 0 amide bonds. The Morgan fingerprint density at radius 2 is 1.74 bits per heavy atom. The van der Waals surface area contributed by atoms with E-state index in [0.717, 1.165) is 13.1 Å². The van der Waals surface area contributed by atoms with Crippen LogP contribution in [0.3, 0.4) is 0 Å². The van der Waals surface area contributed by atoms with Crippen LogP contribution in [0.25, 0.3) is 10.8 Å². The second kappa shape index (κ2) is 6.23. The van der Waals surface area contributed by atoms with Gasteiger partial charge in [-0.15, -0.1) is 0 Å². The summed E-state index contributed by atoms with van der Waals surface area (Å²) in [6, 6.07) is 14.7. The smallest absolute Gasteiger partial charge is 0.191 e. The van der Waals surface area contributed by atoms with Crippen LogP contribution < -0.4 is 5.73 Å². The van der Waals surface area contributed by atoms with E-state index in [4.69, 9.17) is 5.73 Å². The minimum Gasteiger partial charge on any atom is -0.370 e. The number of rotatable bonds is 4. The Morgan fingerprint density at radius 1 is 1.05 bits per heavy atom. The molecule has 0 spiro atoms. The molecule has 2 aromatic carbocycles. The Morgan fingerprint density at radius 3 is 2.47 bits per heavy atom. The number of nitrogens with zero attached hydrogens (tertiary/aromatic N) is 2. The van der Waals surface area contributed by atoms with E-state index in [0.29, 0.717) is 12.5 Å². The fourth-order valence-electron chi connectivity index (χ4n) is 2.24. The maximum atomic E-state index is 6.01. The first-order chi connectivity index (χ1) is 9.26. The highest BCUT2D eigenvalue weighted by atomic mass is 15.2. The molecule has 3 nitrogen and oxygen atoms in total. The summed E-state index contributed by atoms with van der Waals surface area (Å²) in [4.78, 5) is 6.57. The van der Waals surface area contributed by atoms with Gasteiger partial charge >= 0.3 is 0 Å². The molecule has 0 aliphatic carbocycles. The third kappa shape index (κ3) is 3.05. The van der Waals surface area contributed by atoms with Crippen molar-refractivity contribution in [2.75, 3.05) is 13.1 Å². The zero-order valence-electron chi connectivity index (χ0n) is 11.6. The van der Waals surface area contributed by atoms with Crippen LogP contribution in [0.2, 0.25) is 0 Å². The monoisotopic (exact) mass is 255 g/mol. The number of aliphatic imine (C=N–C) groups is 1. The highest BCUT2D eigenvalue weighted by molar-refractivity contribution is 5.86. The van der Waals surface area contributed by atoms with Gasteiger partial charge in [0.15, 0.2) is 5.96 Å². The second-order valence-corrected chi connectivity index (χ2v) is 4.48. The molecule has 0 radical (unpaired) electrons. The lowest BCUT2D eigenvalue weighted by molar-refractivity contribution is 0.458. The van der Waals surface area contributed by atoms with Gasteiger partial charge in [0, 0.05) is 13.1 Å². The van der Waals surface area contributed by atoms with E-state index in [9.17, 15) is 0 Å². The molecule has 0 saturated carbocycles. The first-order valence-electron chi connectivity index (χ1n) is 6.77. The van der Waals surface area contributed by atoms with Crippen molar-refractivity contribution < 1.29 is 0 Å². The minimum atomic E-state index is 0.623. The van der Waals surface area contributed by atoms with Crippen molar-refractivity contribution >= 4 is 16.7 Å². The minimum absolute atomic E-state index is 0.623. The molecule has 0 atom stereocenters. The third-order valence-corrected chi connectivity index (χ3v) is 3.38. The Labute approximate surface area is 114 Å². The molecule has 0 aliphatic rings. The number of hydrogen-bond donors (Lipinski definition) is 1. The molecule has 100 valence electrons. The van der Waals surface area contributed by atoms with E-state index in [1.54, 1.807) is 0 Å². The average Bonchev–Trinajstić information content (AvgIpc) is 2.46. The van der Waals surface area contributed by atoms with Crippen LogP contribution in [0.5, 0.6) is 0 Å². The molecule has 0 unspecified atom stereocenters. The van der Waals surface area contributed by atoms with E-state index in [-0.39, 0.29) is 0 Å². The Bertz CT molecular complexity index is 566. The molecular formula is C16H21N3. The maximum absolute atomic E-state index is 6.01. The van der Waals surface area contributed by atoms with Crippen molar-refractivity contribution in [2.24, 2.45) is 10.7 Å². The van der Waals surface area contributed by atoms with Gasteiger partial charge in [-0.3, -0.25) is 0 Å². The van der Waals surface area contributed by atoms with Crippen LogP contribution >= 0.6 is 0 Å². The molecule has 19 heavy (non-hydrogen) atoms. The first-order valence-corrected chi connectivity index (χ1v) is 6.77. The second-order valence-electron chi connectivity index (χ2n) is 4.48. The van der Waals surface area contributed by atoms with Gasteiger partial charge in [0.2, 0.25) is 0 Å². The van der Waals surface area contributed by atoms with Gasteiger partial charge in [0.25, 0.3) is 0 Å². The van der Waals surface area contributed by atoms with Crippen molar-refractivity contribution in [3.8, 4) is 0 Å². The van der Waals surface area contributed by atoms with Gasteiger partial charge < -0.3 is 10.6 Å². The Hall–Kier alpha value is -2.03. The summed E-state index contributed by atoms with van der Waals surface area (Å²) in [6.45, 7) is 6.58. The molecule has 2 N–H and O–H groups in total. The molecule has 0 bridgehead atoms. The van der Waals surface area contributed by atoms with Crippen molar-refractivity contribution in [2.45, 2.75) is 20.4 Å². The first kappa shape index (κ1) is 13.4. The van der Waals surface area contributed by atoms with Crippen molar-refractivity contribution in [3.05, 3.63) is 48.0 Å². The average molecular weight is 255 g/mol. The fraction of sp³-hybridized carbons (Fsp3) is 0.312. The third-order valence-electron chi connectivity index (χ3n) is 3.38. The van der Waals surface area contributed by atoms with Gasteiger partial charge in [-0.05, 0) is 30.2 Å². The van der Waals surface area contributed by atoms with E-state index in [1.165, 1.54) is 16.3 Å². The summed E-state index contributed by atoms with van der Waals surface area (Å²) in [5.41, 5.74) is 7.22. The van der Waals surface area contributed by atoms with E-state index < -0.39 is 0 Å². The van der Waals surface area contributed by atoms with Crippen LogP contribution in [0.15, 0.2) is 47.5 Å². The highest BCUT2D eigenvalue weighted by Gasteiger charge is 2.03. The number of fused-ring (bicyclic) bond motifs is 1. The maximum Gasteiger partial charge on any atom is 0.191 e. The van der Waals surface area contributed by atoms with Crippen molar-refractivity contribution in [1.29, 1.82) is 0 Å². The lowest BCUT2D eigenvalue weighted by Crippen LogP contribution is -2.37. The molecule has 3 heteroatoms. The molecule has 0 aliphatic heterocycles. The van der Waals surface area contributed by atoms with E-state index >= 15 is 0 Å². The van der Waals surface area contributed by atoms with Crippen LogP contribution in [-0.4, -0.2) is 23.9 Å². The molecule has 2 rings (SSSR count). The lowest BCUT2D eigenvalue weighted by atomic mass is 10.1. The highest BCUT2D eigenvalue weighted by Crippen LogP contribution is 2.19. The van der Waals surface area contributed by atoms with Gasteiger partial charge in [-0.1, -0.05) is 42.5 Å². The van der Waals surface area contributed by atoms with Crippen molar-refractivity contribution in [1.82, 2.24) is 4.90 Å². The number of hydrogen-bond acceptors (Lipinski definition) is 1. The molecule has 0 aromatic heterocycles. The van der Waals surface area contributed by atoms with Crippen molar-refractivity contribution in [3.63, 3.8) is 0 Å². The van der Waals surface area contributed by atoms with Gasteiger partial charge in [-0.2, -0.15) is 0 Å². The summed E-state index contributed by atoms with van der Waals surface area (Å²) >= 11 is 0. The number of nitrogens with two attached hydrogens (primary N) is 1. The zero-order chi connectivity index (χ0) is 13.7. The molecule has 2 aromatic rings. The summed E-state index contributed by atoms with van der Waals surface area (Å²) in [5, 5.41) is 2.50. The number of guanidine groups is 1. The summed E-state index contributed by atoms with van der Waals surface area (Å²) < 4.78 is 0. The van der Waals surface area contributed by atoms with Gasteiger partial charge in [-0.25, -0.2) is 4.99 Å². The molecule has 0 saturated heterocycles. The molecule has 0 heterocycles. The van der Waals surface area contributed by atoms with E-state index in [2.05, 4.69) is 66.2 Å². The Kier molecular flexibility index (Phi) is 4.39. The molecular weight excluding hydrogens is 234 g/mol. The largest absolute Gasteiger partial charge is 0.370 e. The SMILES string of the molecule is CCN(CC)C(N)=NCc1cccc2ccccc12. The summed E-state index contributed by atoms with van der Waals surface area (Å²) in [5.74, 6) is 0.623. The Balaban J connectivity index is 2.24. The van der Waals surface area contributed by atoms with E-state index in [1.807, 2.05) is 0 Å². The summed E-state index contributed by atoms with van der Waals surface area (Å²) in [6.07, 6.45) is 0. The zero-order valence-corrected chi connectivity index (χ0v) is 11.6. The lowest BCUT2D eigenvalue weighted by Gasteiger charge is -2.19. The predicted octanol–water partition coefficient (Wildman–Crippen LogP) is 3.00. The van der Waals surface area contributed by atoms with Crippen LogP contribution in [0.4, 0.5) is 0 Å². The summed E-state index contributed by atoms with van der Waals surface area (Å²) in [7, 11) is 0. The standard InChI is InChI=1S/C16H21N3/c1-3-19(4-2)16(17)18-12-14-10-7-9-13-8-5-6-11-15(13)14/h5-11H,3-4,12H2,1-2H3,(H2,17,18). The number of benzene rings is 2. The topological polar surface area (TPSA) is 41.6 Å².